The lowest BCUT2D eigenvalue weighted by molar-refractivity contribution is -0.000214. The zero-order valence-corrected chi connectivity index (χ0v) is 14.5. The minimum Gasteiger partial charge on any atom is -0.371 e. The summed E-state index contributed by atoms with van der Waals surface area (Å²) in [5.74, 6) is 0.829. The van der Waals surface area contributed by atoms with Crippen molar-refractivity contribution in [3.05, 3.63) is 65.9 Å². The van der Waals surface area contributed by atoms with Crippen LogP contribution in [0.5, 0.6) is 0 Å². The predicted molar refractivity (Wildman–Crippen MR) is 98.3 cm³/mol. The molecule has 4 heteroatoms. The largest absolute Gasteiger partial charge is 0.371 e. The Labute approximate surface area is 147 Å². The summed E-state index contributed by atoms with van der Waals surface area (Å²) in [6.45, 7) is 5.78. The molecule has 0 saturated carbocycles. The second kappa shape index (κ2) is 6.82. The van der Waals surface area contributed by atoms with Crippen molar-refractivity contribution >= 4 is 0 Å². The number of morpholine rings is 1. The van der Waals surface area contributed by atoms with Crippen LogP contribution in [0.25, 0.3) is 22.4 Å². The Morgan fingerprint density at radius 2 is 1.76 bits per heavy atom. The molecule has 25 heavy (non-hydrogen) atoms. The van der Waals surface area contributed by atoms with E-state index in [4.69, 9.17) is 9.26 Å². The quantitative estimate of drug-likeness (QED) is 0.773. The van der Waals surface area contributed by atoms with Gasteiger partial charge in [-0.1, -0.05) is 59.8 Å². The first kappa shape index (κ1) is 16.1. The van der Waals surface area contributed by atoms with Gasteiger partial charge in [-0.2, -0.15) is 0 Å². The van der Waals surface area contributed by atoms with Crippen molar-refractivity contribution in [2.45, 2.75) is 26.0 Å². The molecule has 1 fully saturated rings. The SMILES string of the molecule is Cc1onc(-c2ccccc2)c1-c1ccc([C@@H]2OCCN[C@H]2C)cc1. The van der Waals surface area contributed by atoms with E-state index in [2.05, 4.69) is 53.8 Å². The maximum absolute atomic E-state index is 5.93. The van der Waals surface area contributed by atoms with E-state index in [0.717, 1.165) is 41.3 Å². The Hall–Kier alpha value is -2.43. The van der Waals surface area contributed by atoms with Gasteiger partial charge in [0.25, 0.3) is 0 Å². The van der Waals surface area contributed by atoms with Gasteiger partial charge in [-0.15, -0.1) is 0 Å². The topological polar surface area (TPSA) is 47.3 Å². The maximum atomic E-state index is 5.93. The highest BCUT2D eigenvalue weighted by atomic mass is 16.5. The monoisotopic (exact) mass is 334 g/mol. The molecule has 0 bridgehead atoms. The minimum atomic E-state index is 0.0972. The van der Waals surface area contributed by atoms with Crippen LogP contribution in [-0.4, -0.2) is 24.4 Å². The van der Waals surface area contributed by atoms with Crippen molar-refractivity contribution in [1.82, 2.24) is 10.5 Å². The van der Waals surface area contributed by atoms with Crippen LogP contribution in [-0.2, 0) is 4.74 Å². The smallest absolute Gasteiger partial charge is 0.142 e. The highest BCUT2D eigenvalue weighted by Gasteiger charge is 2.23. The summed E-state index contributed by atoms with van der Waals surface area (Å²) < 4.78 is 11.4. The van der Waals surface area contributed by atoms with Gasteiger partial charge >= 0.3 is 0 Å². The molecule has 2 aromatic carbocycles. The van der Waals surface area contributed by atoms with Crippen molar-refractivity contribution in [2.24, 2.45) is 0 Å². The van der Waals surface area contributed by atoms with E-state index in [1.54, 1.807) is 0 Å². The Morgan fingerprint density at radius 3 is 2.48 bits per heavy atom. The van der Waals surface area contributed by atoms with Gasteiger partial charge in [0.05, 0.1) is 18.3 Å². The molecule has 2 atom stereocenters. The minimum absolute atomic E-state index is 0.0972. The molecule has 2 heterocycles. The molecule has 0 radical (unpaired) electrons. The van der Waals surface area contributed by atoms with Crippen LogP contribution in [0.15, 0.2) is 59.1 Å². The highest BCUT2D eigenvalue weighted by Crippen LogP contribution is 2.35. The molecule has 0 amide bonds. The van der Waals surface area contributed by atoms with Crippen molar-refractivity contribution in [1.29, 1.82) is 0 Å². The van der Waals surface area contributed by atoms with Crippen LogP contribution in [0.2, 0.25) is 0 Å². The molecule has 4 nitrogen and oxygen atoms in total. The van der Waals surface area contributed by atoms with Gasteiger partial charge < -0.3 is 14.6 Å². The summed E-state index contributed by atoms with van der Waals surface area (Å²) in [6.07, 6.45) is 0.0972. The van der Waals surface area contributed by atoms with E-state index in [1.807, 2.05) is 25.1 Å². The van der Waals surface area contributed by atoms with E-state index in [1.165, 1.54) is 5.56 Å². The van der Waals surface area contributed by atoms with E-state index in [-0.39, 0.29) is 6.10 Å². The van der Waals surface area contributed by atoms with Crippen molar-refractivity contribution < 1.29 is 9.26 Å². The zero-order valence-electron chi connectivity index (χ0n) is 14.5. The van der Waals surface area contributed by atoms with Crippen LogP contribution in [0, 0.1) is 6.92 Å². The van der Waals surface area contributed by atoms with Gasteiger partial charge in [0.2, 0.25) is 0 Å². The van der Waals surface area contributed by atoms with Crippen LogP contribution in [0.1, 0.15) is 24.4 Å². The van der Waals surface area contributed by atoms with Gasteiger partial charge in [0.15, 0.2) is 0 Å². The van der Waals surface area contributed by atoms with Crippen molar-refractivity contribution in [2.75, 3.05) is 13.2 Å². The second-order valence-electron chi connectivity index (χ2n) is 6.48. The van der Waals surface area contributed by atoms with Gasteiger partial charge in [-0.05, 0) is 25.0 Å². The molecular formula is C21H22N2O2. The summed E-state index contributed by atoms with van der Waals surface area (Å²) in [4.78, 5) is 0. The average Bonchev–Trinajstić information content (AvgIpc) is 3.05. The van der Waals surface area contributed by atoms with E-state index in [0.29, 0.717) is 6.04 Å². The number of aryl methyl sites for hydroxylation is 1. The van der Waals surface area contributed by atoms with Crippen LogP contribution < -0.4 is 5.32 Å². The molecule has 1 aromatic heterocycles. The van der Waals surface area contributed by atoms with Crippen LogP contribution >= 0.6 is 0 Å². The summed E-state index contributed by atoms with van der Waals surface area (Å²) in [6, 6.07) is 19.0. The molecule has 1 aliphatic rings. The summed E-state index contributed by atoms with van der Waals surface area (Å²) in [7, 11) is 0. The lowest BCUT2D eigenvalue weighted by Gasteiger charge is -2.30. The normalized spacial score (nSPS) is 20.6. The van der Waals surface area contributed by atoms with E-state index >= 15 is 0 Å². The molecule has 1 N–H and O–H groups in total. The van der Waals surface area contributed by atoms with E-state index in [9.17, 15) is 0 Å². The Morgan fingerprint density at radius 1 is 1.00 bits per heavy atom. The van der Waals surface area contributed by atoms with Crippen LogP contribution in [0.4, 0.5) is 0 Å². The fourth-order valence-corrected chi connectivity index (χ4v) is 3.45. The number of nitrogens with one attached hydrogen (secondary N) is 1. The first-order valence-electron chi connectivity index (χ1n) is 8.71. The maximum Gasteiger partial charge on any atom is 0.142 e. The lowest BCUT2D eigenvalue weighted by atomic mass is 9.96. The first-order chi connectivity index (χ1) is 12.2. The molecule has 0 spiro atoms. The number of hydrogen-bond acceptors (Lipinski definition) is 4. The third kappa shape index (κ3) is 3.11. The third-order valence-corrected chi connectivity index (χ3v) is 4.76. The number of hydrogen-bond donors (Lipinski definition) is 1. The summed E-state index contributed by atoms with van der Waals surface area (Å²) in [5, 5.41) is 7.74. The Kier molecular flexibility index (Phi) is 4.38. The molecule has 1 aliphatic heterocycles. The number of aromatic nitrogens is 1. The zero-order chi connectivity index (χ0) is 17.2. The molecule has 0 aliphatic carbocycles. The van der Waals surface area contributed by atoms with Crippen LogP contribution in [0.3, 0.4) is 0 Å². The molecule has 3 aromatic rings. The standard InChI is InChI=1S/C21H22N2O2/c1-14-21(24-13-12-22-14)18-10-8-16(9-11-18)19-15(2)25-23-20(19)17-6-4-3-5-7-17/h3-11,14,21-22H,12-13H2,1-2H3/t14-,21+/m0/s1. The molecule has 4 rings (SSSR count). The second-order valence-corrected chi connectivity index (χ2v) is 6.48. The first-order valence-corrected chi connectivity index (χ1v) is 8.71. The lowest BCUT2D eigenvalue weighted by Crippen LogP contribution is -2.41. The number of benzene rings is 2. The molecule has 0 unspecified atom stereocenters. The van der Waals surface area contributed by atoms with E-state index < -0.39 is 0 Å². The van der Waals surface area contributed by atoms with Gasteiger partial charge in [-0.25, -0.2) is 0 Å². The van der Waals surface area contributed by atoms with Gasteiger partial charge in [0.1, 0.15) is 11.5 Å². The number of nitrogens with zero attached hydrogens (tertiary/aromatic N) is 1. The highest BCUT2D eigenvalue weighted by molar-refractivity contribution is 5.81. The average molecular weight is 334 g/mol. The summed E-state index contributed by atoms with van der Waals surface area (Å²) in [5.41, 5.74) is 5.30. The Balaban J connectivity index is 1.68. The molecule has 1 saturated heterocycles. The molecule has 128 valence electrons. The fraction of sp³-hybridized carbons (Fsp3) is 0.286. The van der Waals surface area contributed by atoms with Gasteiger partial charge in [0, 0.05) is 18.2 Å². The fourth-order valence-electron chi connectivity index (χ4n) is 3.45. The Bertz CT molecular complexity index is 840. The van der Waals surface area contributed by atoms with Crippen molar-refractivity contribution in [3.63, 3.8) is 0 Å². The number of ether oxygens (including phenoxy) is 1. The number of rotatable bonds is 3. The van der Waals surface area contributed by atoms with Crippen molar-refractivity contribution in [3.8, 4) is 22.4 Å². The predicted octanol–water partition coefficient (Wildman–Crippen LogP) is 4.37. The third-order valence-electron chi connectivity index (χ3n) is 4.76. The molecular weight excluding hydrogens is 312 g/mol. The summed E-state index contributed by atoms with van der Waals surface area (Å²) >= 11 is 0. The van der Waals surface area contributed by atoms with Gasteiger partial charge in [-0.3, -0.25) is 0 Å².